The van der Waals surface area contributed by atoms with Gasteiger partial charge in [-0.1, -0.05) is 11.3 Å². The zero-order valence-corrected chi connectivity index (χ0v) is 18.9. The Morgan fingerprint density at radius 1 is 1.27 bits per heavy atom. The number of fused-ring (bicyclic) bond motifs is 2. The molecule has 0 aliphatic carbocycles. The van der Waals surface area contributed by atoms with Crippen molar-refractivity contribution < 1.29 is 35.5 Å². The molecular weight excluding hydrogens is 503 g/mol. The van der Waals surface area contributed by atoms with E-state index in [9.17, 15) is 22.0 Å². The molecule has 2 aliphatic heterocycles. The lowest BCUT2D eigenvalue weighted by Gasteiger charge is -2.34. The van der Waals surface area contributed by atoms with Crippen LogP contribution in [0.5, 0.6) is 5.88 Å². The second-order valence-corrected chi connectivity index (χ2v) is 9.01. The van der Waals surface area contributed by atoms with Gasteiger partial charge in [-0.25, -0.2) is 18.0 Å². The minimum atomic E-state index is -4.53. The summed E-state index contributed by atoms with van der Waals surface area (Å²) < 4.78 is 104. The zero-order valence-electron chi connectivity index (χ0n) is 21.9. The number of aromatic nitrogens is 6. The van der Waals surface area contributed by atoms with E-state index in [0.29, 0.717) is 29.0 Å². The van der Waals surface area contributed by atoms with Crippen molar-refractivity contribution >= 4 is 22.5 Å². The number of alkyl halides is 5. The third-order valence-corrected chi connectivity index (χ3v) is 6.51. The quantitative estimate of drug-likeness (QED) is 0.383. The molecule has 0 bridgehead atoms. The fraction of sp³-hybridized carbons (Fsp3) is 0.455. The average molecular weight is 527 g/mol. The number of nitrogens with one attached hydrogen (secondary N) is 1. The highest BCUT2D eigenvalue weighted by Crippen LogP contribution is 2.35. The summed E-state index contributed by atoms with van der Waals surface area (Å²) in [5, 5.41) is 14.2. The maximum Gasteiger partial charge on any atom is 0.408 e. The second-order valence-electron chi connectivity index (χ2n) is 9.01. The van der Waals surface area contributed by atoms with Crippen LogP contribution in [0.3, 0.4) is 0 Å². The summed E-state index contributed by atoms with van der Waals surface area (Å²) in [7, 11) is -2.95. The number of rotatable bonds is 6. The van der Waals surface area contributed by atoms with Gasteiger partial charge in [-0.3, -0.25) is 4.90 Å². The number of hydrogen-bond donors (Lipinski definition) is 1. The highest BCUT2D eigenvalue weighted by Gasteiger charge is 2.51. The number of halogens is 5. The first kappa shape index (κ1) is 20.5. The third-order valence-electron chi connectivity index (χ3n) is 6.51. The summed E-state index contributed by atoms with van der Waals surface area (Å²) in [6.07, 6.45) is -3.10. The Morgan fingerprint density at radius 3 is 2.84 bits per heavy atom. The van der Waals surface area contributed by atoms with E-state index in [1.54, 1.807) is 11.0 Å². The maximum absolute atomic E-state index is 14.8. The average Bonchev–Trinajstić information content (AvgIpc) is 3.46. The van der Waals surface area contributed by atoms with E-state index in [2.05, 4.69) is 25.7 Å². The summed E-state index contributed by atoms with van der Waals surface area (Å²) >= 11 is 0. The van der Waals surface area contributed by atoms with E-state index >= 15 is 0 Å². The van der Waals surface area contributed by atoms with E-state index < -0.39 is 44.1 Å². The molecule has 1 N–H and O–H groups in total. The fourth-order valence-electron chi connectivity index (χ4n) is 4.61. The Balaban J connectivity index is 1.38. The minimum absolute atomic E-state index is 0.00548. The van der Waals surface area contributed by atoms with Gasteiger partial charge in [0.2, 0.25) is 11.8 Å². The molecule has 15 heteroatoms. The number of ether oxygens (including phenoxy) is 2. The van der Waals surface area contributed by atoms with Crippen LogP contribution in [0.2, 0.25) is 0 Å². The van der Waals surface area contributed by atoms with Crippen molar-refractivity contribution in [3.05, 3.63) is 30.5 Å². The molecule has 5 heterocycles. The number of benzene rings is 1. The Morgan fingerprint density at radius 2 is 2.11 bits per heavy atom. The molecule has 0 saturated carbocycles. The molecule has 2 fully saturated rings. The predicted molar refractivity (Wildman–Crippen MR) is 121 cm³/mol. The third kappa shape index (κ3) is 4.31. The molecule has 2 saturated heterocycles. The smallest absolute Gasteiger partial charge is 0.408 e. The van der Waals surface area contributed by atoms with Gasteiger partial charge in [0.25, 0.3) is 5.92 Å². The normalized spacial score (nSPS) is 22.1. The van der Waals surface area contributed by atoms with Crippen LogP contribution < -0.4 is 10.1 Å². The summed E-state index contributed by atoms with van der Waals surface area (Å²) in [5.41, 5.74) is 1.09. The van der Waals surface area contributed by atoms with Crippen molar-refractivity contribution in [3.63, 3.8) is 0 Å². The monoisotopic (exact) mass is 527 g/mol. The number of methoxy groups -OCH3 is 1. The SMILES string of the molecule is [2H]C([2H])([2H])Oc1nc(NC2CN(C3COC3)CC2(F)F)nn2ccc(-c3ccc4nnn(CC(F)(F)F)c4c3)c12. The fourth-order valence-corrected chi connectivity index (χ4v) is 4.61. The van der Waals surface area contributed by atoms with Gasteiger partial charge in [0.05, 0.1) is 42.5 Å². The number of likely N-dealkylation sites (tertiary alicyclic amines) is 1. The summed E-state index contributed by atoms with van der Waals surface area (Å²) in [6.45, 7) is -1.10. The molecule has 37 heavy (non-hydrogen) atoms. The van der Waals surface area contributed by atoms with Gasteiger partial charge in [-0.15, -0.1) is 10.2 Å². The van der Waals surface area contributed by atoms with Crippen LogP contribution in [0.15, 0.2) is 30.5 Å². The first-order valence-corrected chi connectivity index (χ1v) is 11.2. The van der Waals surface area contributed by atoms with Gasteiger partial charge in [-0.2, -0.15) is 18.2 Å². The van der Waals surface area contributed by atoms with Crippen LogP contribution in [0.25, 0.3) is 27.7 Å². The van der Waals surface area contributed by atoms with Crippen molar-refractivity contribution in [1.82, 2.24) is 34.5 Å². The molecule has 4 aromatic rings. The number of anilines is 1. The van der Waals surface area contributed by atoms with Crippen LogP contribution in [-0.4, -0.2) is 92.0 Å². The van der Waals surface area contributed by atoms with Crippen molar-refractivity contribution in [2.45, 2.75) is 30.7 Å². The Kier molecular flexibility index (Phi) is 4.69. The van der Waals surface area contributed by atoms with Crippen LogP contribution in [0.1, 0.15) is 4.11 Å². The molecule has 3 aromatic heterocycles. The van der Waals surface area contributed by atoms with Gasteiger partial charge >= 0.3 is 6.18 Å². The standard InChI is InChI=1S/C22H21F5N8O2/c1-36-19-18-14(12-2-3-15-16(6-12)35(32-30-15)11-22(25,26)27)4-5-34(18)31-20(29-19)28-17-7-33(10-21(17,23)24)13-8-37-9-13/h2-6,13,17H,7-11H2,1H3,(H,28,31)/i1D3. The topological polar surface area (TPSA) is 94.6 Å². The Labute approximate surface area is 210 Å². The second kappa shape index (κ2) is 8.48. The van der Waals surface area contributed by atoms with E-state index in [0.717, 1.165) is 0 Å². The molecule has 2 aliphatic rings. The van der Waals surface area contributed by atoms with Crippen molar-refractivity contribution in [3.8, 4) is 17.0 Å². The lowest BCUT2D eigenvalue weighted by atomic mass is 10.1. The molecule has 1 aromatic carbocycles. The van der Waals surface area contributed by atoms with Crippen molar-refractivity contribution in [2.75, 3.05) is 38.7 Å². The van der Waals surface area contributed by atoms with Gasteiger partial charge in [-0.05, 0) is 23.8 Å². The molecular formula is C22H21F5N8O2. The summed E-state index contributed by atoms with van der Waals surface area (Å²) in [4.78, 5) is 5.73. The van der Waals surface area contributed by atoms with E-state index in [4.69, 9.17) is 13.6 Å². The summed E-state index contributed by atoms with van der Waals surface area (Å²) in [5.74, 6) is -3.83. The lowest BCUT2D eigenvalue weighted by molar-refractivity contribution is -0.142. The number of hydrogen-bond acceptors (Lipinski definition) is 8. The van der Waals surface area contributed by atoms with Crippen LogP contribution in [0, 0.1) is 0 Å². The molecule has 10 nitrogen and oxygen atoms in total. The maximum atomic E-state index is 14.8. The van der Waals surface area contributed by atoms with E-state index in [1.807, 2.05) is 0 Å². The molecule has 196 valence electrons. The molecule has 6 rings (SSSR count). The summed E-state index contributed by atoms with van der Waals surface area (Å²) in [6, 6.07) is 4.51. The van der Waals surface area contributed by atoms with Gasteiger partial charge < -0.3 is 14.8 Å². The molecule has 0 spiro atoms. The Bertz CT molecular complexity index is 1570. The molecule has 0 radical (unpaired) electrons. The zero-order chi connectivity index (χ0) is 28.4. The van der Waals surface area contributed by atoms with Gasteiger partial charge in [0.15, 0.2) is 0 Å². The predicted octanol–water partition coefficient (Wildman–Crippen LogP) is 2.84. The molecule has 1 atom stereocenters. The van der Waals surface area contributed by atoms with Crippen LogP contribution in [-0.2, 0) is 11.3 Å². The Hall–Kier alpha value is -3.59. The minimum Gasteiger partial charge on any atom is -0.479 e. The van der Waals surface area contributed by atoms with Crippen LogP contribution in [0.4, 0.5) is 27.9 Å². The largest absolute Gasteiger partial charge is 0.479 e. The van der Waals surface area contributed by atoms with E-state index in [-0.39, 0.29) is 35.1 Å². The van der Waals surface area contributed by atoms with Crippen LogP contribution >= 0.6 is 0 Å². The molecule has 1 unspecified atom stereocenters. The first-order valence-electron chi connectivity index (χ1n) is 12.7. The van der Waals surface area contributed by atoms with Gasteiger partial charge in [0.1, 0.15) is 23.6 Å². The van der Waals surface area contributed by atoms with Gasteiger partial charge in [0, 0.05) is 18.3 Å². The number of nitrogens with zero attached hydrogens (tertiary/aromatic N) is 7. The molecule has 0 amide bonds. The van der Waals surface area contributed by atoms with E-state index in [1.165, 1.54) is 28.9 Å². The highest BCUT2D eigenvalue weighted by molar-refractivity contribution is 5.89. The van der Waals surface area contributed by atoms with Crippen molar-refractivity contribution in [1.29, 1.82) is 0 Å². The van der Waals surface area contributed by atoms with Crippen molar-refractivity contribution in [2.24, 2.45) is 0 Å². The first-order chi connectivity index (χ1) is 18.8. The highest BCUT2D eigenvalue weighted by atomic mass is 19.4. The lowest BCUT2D eigenvalue weighted by Crippen LogP contribution is -2.48.